The number of anilines is 1. The number of carbonyl (C=O) groups excluding carboxylic acids is 1. The number of aromatic nitrogens is 1. The Hall–Kier alpha value is -1.58. The zero-order chi connectivity index (χ0) is 14.0. The molecular formula is C15H23N3O. The standard InChI is InChI=1S/C15H23N3O/c1-5-16-14-8-11(7-12(17-14)9(2)3)15(19)18-13-6-10(13)4/h7-10,13H,5-6H2,1-4H3,(H,16,17)(H,18,19). The van der Waals surface area contributed by atoms with Crippen LogP contribution in [0.2, 0.25) is 0 Å². The minimum Gasteiger partial charge on any atom is -0.370 e. The summed E-state index contributed by atoms with van der Waals surface area (Å²) in [5.41, 5.74) is 1.65. The Bertz CT molecular complexity index is 470. The van der Waals surface area contributed by atoms with Crippen molar-refractivity contribution in [3.8, 4) is 0 Å². The number of nitrogens with zero attached hydrogens (tertiary/aromatic N) is 1. The second kappa shape index (κ2) is 5.59. The lowest BCUT2D eigenvalue weighted by molar-refractivity contribution is 0.0949. The van der Waals surface area contributed by atoms with Gasteiger partial charge in [-0.05, 0) is 37.3 Å². The Kier molecular flexibility index (Phi) is 4.08. The first-order valence-electron chi connectivity index (χ1n) is 7.08. The minimum absolute atomic E-state index is 0.0119. The average molecular weight is 261 g/mol. The Labute approximate surface area is 115 Å². The van der Waals surface area contributed by atoms with Crippen molar-refractivity contribution in [3.05, 3.63) is 23.4 Å². The van der Waals surface area contributed by atoms with Crippen LogP contribution >= 0.6 is 0 Å². The second-order valence-corrected chi connectivity index (χ2v) is 5.64. The number of pyridine rings is 1. The fraction of sp³-hybridized carbons (Fsp3) is 0.600. The van der Waals surface area contributed by atoms with Gasteiger partial charge in [0.15, 0.2) is 0 Å². The van der Waals surface area contributed by atoms with Gasteiger partial charge in [-0.25, -0.2) is 4.98 Å². The van der Waals surface area contributed by atoms with Gasteiger partial charge in [0.1, 0.15) is 5.82 Å². The van der Waals surface area contributed by atoms with E-state index in [9.17, 15) is 4.79 Å². The minimum atomic E-state index is 0.0119. The number of hydrogen-bond donors (Lipinski definition) is 2. The SMILES string of the molecule is CCNc1cc(C(=O)NC2CC2C)cc(C(C)C)n1. The Morgan fingerprint density at radius 1 is 1.47 bits per heavy atom. The zero-order valence-corrected chi connectivity index (χ0v) is 12.2. The smallest absolute Gasteiger partial charge is 0.251 e. The summed E-state index contributed by atoms with van der Waals surface area (Å²) in [6.45, 7) is 9.15. The quantitative estimate of drug-likeness (QED) is 0.857. The summed E-state index contributed by atoms with van der Waals surface area (Å²) < 4.78 is 0. The van der Waals surface area contributed by atoms with Gasteiger partial charge in [0.2, 0.25) is 0 Å². The third-order valence-electron chi connectivity index (χ3n) is 3.48. The molecule has 104 valence electrons. The number of rotatable bonds is 5. The highest BCUT2D eigenvalue weighted by Crippen LogP contribution is 2.29. The summed E-state index contributed by atoms with van der Waals surface area (Å²) in [6, 6.07) is 4.08. The molecule has 2 N–H and O–H groups in total. The van der Waals surface area contributed by atoms with E-state index < -0.39 is 0 Å². The highest BCUT2D eigenvalue weighted by molar-refractivity contribution is 5.95. The van der Waals surface area contributed by atoms with E-state index in [2.05, 4.69) is 36.4 Å². The van der Waals surface area contributed by atoms with E-state index in [0.717, 1.165) is 24.5 Å². The van der Waals surface area contributed by atoms with Gasteiger partial charge in [0.25, 0.3) is 5.91 Å². The maximum atomic E-state index is 12.2. The molecule has 1 aromatic rings. The molecular weight excluding hydrogens is 238 g/mol. The second-order valence-electron chi connectivity index (χ2n) is 5.64. The summed E-state index contributed by atoms with van der Waals surface area (Å²) in [5.74, 6) is 1.72. The predicted molar refractivity (Wildman–Crippen MR) is 77.5 cm³/mol. The van der Waals surface area contributed by atoms with Crippen molar-refractivity contribution in [3.63, 3.8) is 0 Å². The molecule has 1 aliphatic carbocycles. The van der Waals surface area contributed by atoms with Crippen LogP contribution in [0, 0.1) is 5.92 Å². The van der Waals surface area contributed by atoms with Gasteiger partial charge in [-0.15, -0.1) is 0 Å². The van der Waals surface area contributed by atoms with E-state index in [4.69, 9.17) is 0 Å². The monoisotopic (exact) mass is 261 g/mol. The molecule has 1 fully saturated rings. The van der Waals surface area contributed by atoms with Crippen LogP contribution in [0.4, 0.5) is 5.82 Å². The molecule has 0 bridgehead atoms. The van der Waals surface area contributed by atoms with E-state index in [0.29, 0.717) is 23.4 Å². The average Bonchev–Trinajstić information content (AvgIpc) is 3.04. The molecule has 0 aromatic carbocycles. The highest BCUT2D eigenvalue weighted by atomic mass is 16.1. The Balaban J connectivity index is 2.19. The number of nitrogens with one attached hydrogen (secondary N) is 2. The molecule has 0 spiro atoms. The van der Waals surface area contributed by atoms with E-state index in [1.54, 1.807) is 0 Å². The van der Waals surface area contributed by atoms with Gasteiger partial charge in [0, 0.05) is 23.8 Å². The number of hydrogen-bond acceptors (Lipinski definition) is 3. The molecule has 1 aliphatic rings. The molecule has 19 heavy (non-hydrogen) atoms. The van der Waals surface area contributed by atoms with Crippen molar-refractivity contribution in [1.29, 1.82) is 0 Å². The Morgan fingerprint density at radius 2 is 2.16 bits per heavy atom. The third kappa shape index (κ3) is 3.46. The summed E-state index contributed by atoms with van der Waals surface area (Å²) in [7, 11) is 0. The molecule has 2 atom stereocenters. The van der Waals surface area contributed by atoms with Crippen LogP contribution < -0.4 is 10.6 Å². The van der Waals surface area contributed by atoms with Crippen molar-refractivity contribution >= 4 is 11.7 Å². The lowest BCUT2D eigenvalue weighted by Crippen LogP contribution is -2.27. The predicted octanol–water partition coefficient (Wildman–Crippen LogP) is 2.78. The summed E-state index contributed by atoms with van der Waals surface area (Å²) in [4.78, 5) is 16.7. The van der Waals surface area contributed by atoms with Crippen LogP contribution in [0.5, 0.6) is 0 Å². The van der Waals surface area contributed by atoms with E-state index >= 15 is 0 Å². The van der Waals surface area contributed by atoms with Gasteiger partial charge in [-0.3, -0.25) is 4.79 Å². The van der Waals surface area contributed by atoms with Crippen molar-refractivity contribution in [2.75, 3.05) is 11.9 Å². The molecule has 0 aliphatic heterocycles. The summed E-state index contributed by atoms with van der Waals surface area (Å²) in [5, 5.41) is 6.25. The summed E-state index contributed by atoms with van der Waals surface area (Å²) in [6.07, 6.45) is 1.09. The van der Waals surface area contributed by atoms with E-state index in [-0.39, 0.29) is 5.91 Å². The fourth-order valence-corrected chi connectivity index (χ4v) is 2.03. The zero-order valence-electron chi connectivity index (χ0n) is 12.2. The molecule has 2 rings (SSSR count). The van der Waals surface area contributed by atoms with Crippen molar-refractivity contribution in [2.45, 2.75) is 46.1 Å². The molecule has 4 heteroatoms. The summed E-state index contributed by atoms with van der Waals surface area (Å²) >= 11 is 0. The maximum Gasteiger partial charge on any atom is 0.251 e. The van der Waals surface area contributed by atoms with E-state index in [1.165, 1.54) is 0 Å². The van der Waals surface area contributed by atoms with Gasteiger partial charge in [-0.2, -0.15) is 0 Å². The van der Waals surface area contributed by atoms with Gasteiger partial charge < -0.3 is 10.6 Å². The normalized spacial score (nSPS) is 21.3. The van der Waals surface area contributed by atoms with Crippen LogP contribution in [0.1, 0.15) is 56.1 Å². The largest absolute Gasteiger partial charge is 0.370 e. The molecule has 1 saturated carbocycles. The van der Waals surface area contributed by atoms with E-state index in [1.807, 2.05) is 19.1 Å². The number of amides is 1. The van der Waals surface area contributed by atoms with Gasteiger partial charge in [-0.1, -0.05) is 20.8 Å². The molecule has 1 heterocycles. The highest BCUT2D eigenvalue weighted by Gasteiger charge is 2.34. The first kappa shape index (κ1) is 13.8. The van der Waals surface area contributed by atoms with Crippen LogP contribution in [-0.4, -0.2) is 23.5 Å². The van der Waals surface area contributed by atoms with Gasteiger partial charge in [0.05, 0.1) is 0 Å². The van der Waals surface area contributed by atoms with Crippen LogP contribution in [-0.2, 0) is 0 Å². The Morgan fingerprint density at radius 3 is 2.68 bits per heavy atom. The molecule has 4 nitrogen and oxygen atoms in total. The first-order chi connectivity index (χ1) is 9.01. The van der Waals surface area contributed by atoms with Crippen molar-refractivity contribution < 1.29 is 4.79 Å². The molecule has 1 amide bonds. The lowest BCUT2D eigenvalue weighted by atomic mass is 10.1. The molecule has 1 aromatic heterocycles. The molecule has 0 radical (unpaired) electrons. The topological polar surface area (TPSA) is 54.0 Å². The van der Waals surface area contributed by atoms with Crippen LogP contribution in [0.3, 0.4) is 0 Å². The van der Waals surface area contributed by atoms with Crippen LogP contribution in [0.25, 0.3) is 0 Å². The lowest BCUT2D eigenvalue weighted by Gasteiger charge is -2.12. The van der Waals surface area contributed by atoms with Crippen LogP contribution in [0.15, 0.2) is 12.1 Å². The number of carbonyl (C=O) groups is 1. The maximum absolute atomic E-state index is 12.2. The third-order valence-corrected chi connectivity index (χ3v) is 3.48. The van der Waals surface area contributed by atoms with Crippen molar-refractivity contribution in [1.82, 2.24) is 10.3 Å². The molecule has 0 saturated heterocycles. The fourth-order valence-electron chi connectivity index (χ4n) is 2.03. The first-order valence-corrected chi connectivity index (χ1v) is 7.08. The van der Waals surface area contributed by atoms with Gasteiger partial charge >= 0.3 is 0 Å². The van der Waals surface area contributed by atoms with Crippen molar-refractivity contribution in [2.24, 2.45) is 5.92 Å². The molecule has 2 unspecified atom stereocenters.